The van der Waals surface area contributed by atoms with E-state index in [-0.39, 0.29) is 17.7 Å². The molecule has 4 rings (SSSR count). The molecular weight excluding hydrogens is 502 g/mol. The van der Waals surface area contributed by atoms with Gasteiger partial charge in [0, 0.05) is 15.4 Å². The minimum atomic E-state index is -0.263. The van der Waals surface area contributed by atoms with Crippen molar-refractivity contribution in [2.45, 2.75) is 12.5 Å². The first-order valence-corrected chi connectivity index (χ1v) is 10.6. The molecule has 0 bridgehead atoms. The molecule has 0 amide bonds. The van der Waals surface area contributed by atoms with Crippen molar-refractivity contribution in [3.05, 3.63) is 105 Å². The van der Waals surface area contributed by atoms with Gasteiger partial charge in [-0.25, -0.2) is 8.78 Å². The van der Waals surface area contributed by atoms with Crippen LogP contribution >= 0.6 is 31.9 Å². The molecule has 0 saturated carbocycles. The van der Waals surface area contributed by atoms with Crippen LogP contribution in [0.25, 0.3) is 6.08 Å². The Hall–Kier alpha value is -2.31. The van der Waals surface area contributed by atoms with Gasteiger partial charge in [0.15, 0.2) is 0 Å². The molecule has 0 spiro atoms. The van der Waals surface area contributed by atoms with Gasteiger partial charge in [0.2, 0.25) is 0 Å². The van der Waals surface area contributed by atoms with Crippen LogP contribution in [0.5, 0.6) is 0 Å². The number of hydrogen-bond donors (Lipinski definition) is 0. The van der Waals surface area contributed by atoms with Gasteiger partial charge < -0.3 is 0 Å². The van der Waals surface area contributed by atoms with Gasteiger partial charge in [0.05, 0.1) is 17.4 Å². The fourth-order valence-corrected chi connectivity index (χ4v) is 4.46. The Morgan fingerprint density at radius 3 is 2.17 bits per heavy atom. The van der Waals surface area contributed by atoms with E-state index in [0.717, 1.165) is 31.5 Å². The van der Waals surface area contributed by atoms with E-state index in [1.807, 2.05) is 35.4 Å². The van der Waals surface area contributed by atoms with Crippen molar-refractivity contribution in [2.75, 3.05) is 5.01 Å². The van der Waals surface area contributed by atoms with E-state index in [1.54, 1.807) is 24.3 Å². The summed E-state index contributed by atoms with van der Waals surface area (Å²) in [6, 6.07) is 18.7. The van der Waals surface area contributed by atoms with Gasteiger partial charge in [0.25, 0.3) is 0 Å². The Labute approximate surface area is 184 Å². The Morgan fingerprint density at radius 1 is 0.862 bits per heavy atom. The lowest BCUT2D eigenvalue weighted by molar-refractivity contribution is 0.624. The maximum absolute atomic E-state index is 13.4. The number of anilines is 1. The summed E-state index contributed by atoms with van der Waals surface area (Å²) in [4.78, 5) is 0. The zero-order valence-corrected chi connectivity index (χ0v) is 18.4. The van der Waals surface area contributed by atoms with E-state index in [9.17, 15) is 8.78 Å². The Morgan fingerprint density at radius 2 is 1.52 bits per heavy atom. The third-order valence-corrected chi connectivity index (χ3v) is 5.81. The summed E-state index contributed by atoms with van der Waals surface area (Å²) in [5.74, 6) is -0.525. The first-order valence-electron chi connectivity index (χ1n) is 9.00. The molecule has 146 valence electrons. The normalized spacial score (nSPS) is 16.5. The highest BCUT2D eigenvalue weighted by molar-refractivity contribution is 9.11. The first-order chi connectivity index (χ1) is 14.0. The summed E-state index contributed by atoms with van der Waals surface area (Å²) >= 11 is 7.09. The highest BCUT2D eigenvalue weighted by Gasteiger charge is 2.29. The van der Waals surface area contributed by atoms with Gasteiger partial charge in [0.1, 0.15) is 11.6 Å². The molecule has 0 N–H and O–H groups in total. The molecule has 1 heterocycles. The van der Waals surface area contributed by atoms with Crippen LogP contribution < -0.4 is 5.01 Å². The van der Waals surface area contributed by atoms with Crippen LogP contribution in [0.1, 0.15) is 23.6 Å². The quantitative estimate of drug-likeness (QED) is 0.349. The average molecular weight is 518 g/mol. The predicted octanol–water partition coefficient (Wildman–Crippen LogP) is 7.51. The molecule has 29 heavy (non-hydrogen) atoms. The second-order valence-corrected chi connectivity index (χ2v) is 8.46. The van der Waals surface area contributed by atoms with Crippen molar-refractivity contribution in [2.24, 2.45) is 5.10 Å². The highest BCUT2D eigenvalue weighted by Crippen LogP contribution is 2.40. The van der Waals surface area contributed by atoms with E-state index in [0.29, 0.717) is 6.42 Å². The Kier molecular flexibility index (Phi) is 5.92. The number of benzene rings is 3. The van der Waals surface area contributed by atoms with Crippen LogP contribution in [-0.4, -0.2) is 5.71 Å². The molecule has 0 aliphatic carbocycles. The van der Waals surface area contributed by atoms with Gasteiger partial charge >= 0.3 is 0 Å². The lowest BCUT2D eigenvalue weighted by Gasteiger charge is -2.25. The third-order valence-electron chi connectivity index (χ3n) is 4.68. The van der Waals surface area contributed by atoms with Crippen LogP contribution in [0.2, 0.25) is 0 Å². The maximum Gasteiger partial charge on any atom is 0.123 e. The highest BCUT2D eigenvalue weighted by atomic mass is 79.9. The molecule has 6 heteroatoms. The van der Waals surface area contributed by atoms with E-state index < -0.39 is 0 Å². The monoisotopic (exact) mass is 516 g/mol. The van der Waals surface area contributed by atoms with E-state index in [1.165, 1.54) is 24.3 Å². The standard InChI is InChI=1S/C23H16Br2F2N2/c24-17-6-12-22(21(25)13-17)29-23(16-4-9-19(27)10-5-16)14-20(28-29)11-3-15-1-7-18(26)8-2-15/h1-13,23H,14H2/b11-3+. The minimum Gasteiger partial charge on any atom is -0.256 e. The number of nitrogens with zero attached hydrogens (tertiary/aromatic N) is 2. The number of allylic oxidation sites excluding steroid dienone is 1. The molecule has 0 saturated heterocycles. The Bertz CT molecular complexity index is 1080. The van der Waals surface area contributed by atoms with Gasteiger partial charge in [-0.1, -0.05) is 46.3 Å². The zero-order valence-electron chi connectivity index (χ0n) is 15.2. The van der Waals surface area contributed by atoms with Crippen molar-refractivity contribution < 1.29 is 8.78 Å². The third kappa shape index (κ3) is 4.65. The van der Waals surface area contributed by atoms with Crippen LogP contribution in [-0.2, 0) is 0 Å². The molecule has 0 fully saturated rings. The molecule has 1 aliphatic rings. The molecule has 1 aliphatic heterocycles. The minimum absolute atomic E-state index is 0.0547. The van der Waals surface area contributed by atoms with Crippen LogP contribution in [0, 0.1) is 11.6 Å². The average Bonchev–Trinajstić information content (AvgIpc) is 3.12. The van der Waals surface area contributed by atoms with Crippen LogP contribution in [0.15, 0.2) is 86.9 Å². The van der Waals surface area contributed by atoms with Gasteiger partial charge in [-0.15, -0.1) is 0 Å². The summed E-state index contributed by atoms with van der Waals surface area (Å²) in [5, 5.41) is 6.76. The lowest BCUT2D eigenvalue weighted by atomic mass is 10.0. The predicted molar refractivity (Wildman–Crippen MR) is 121 cm³/mol. The van der Waals surface area contributed by atoms with Crippen LogP contribution in [0.3, 0.4) is 0 Å². The molecule has 0 aromatic heterocycles. The molecule has 3 aromatic carbocycles. The summed E-state index contributed by atoms with van der Waals surface area (Å²) in [6.45, 7) is 0. The zero-order chi connectivity index (χ0) is 20.4. The summed E-state index contributed by atoms with van der Waals surface area (Å²) in [6.07, 6.45) is 4.53. The van der Waals surface area contributed by atoms with Crippen molar-refractivity contribution in [1.82, 2.24) is 0 Å². The van der Waals surface area contributed by atoms with Crippen molar-refractivity contribution in [3.8, 4) is 0 Å². The van der Waals surface area contributed by atoms with E-state index >= 15 is 0 Å². The summed E-state index contributed by atoms with van der Waals surface area (Å²) < 4.78 is 28.4. The molecule has 2 nitrogen and oxygen atoms in total. The molecular formula is C23H16Br2F2N2. The van der Waals surface area contributed by atoms with Gasteiger partial charge in [-0.05, 0) is 75.6 Å². The number of hydrazone groups is 1. The van der Waals surface area contributed by atoms with Crippen molar-refractivity contribution >= 4 is 49.3 Å². The van der Waals surface area contributed by atoms with E-state index in [4.69, 9.17) is 5.10 Å². The number of halogens is 4. The van der Waals surface area contributed by atoms with Gasteiger partial charge in [-0.2, -0.15) is 5.10 Å². The second kappa shape index (κ2) is 8.59. The summed E-state index contributed by atoms with van der Waals surface area (Å²) in [7, 11) is 0. The fraction of sp³-hybridized carbons (Fsp3) is 0.0870. The second-order valence-electron chi connectivity index (χ2n) is 6.69. The fourth-order valence-electron chi connectivity index (χ4n) is 3.23. The first kappa shape index (κ1) is 20.0. The van der Waals surface area contributed by atoms with Crippen molar-refractivity contribution in [3.63, 3.8) is 0 Å². The molecule has 1 unspecified atom stereocenters. The largest absolute Gasteiger partial charge is 0.256 e. The Balaban J connectivity index is 1.68. The maximum atomic E-state index is 13.4. The van der Waals surface area contributed by atoms with E-state index in [2.05, 4.69) is 31.9 Å². The van der Waals surface area contributed by atoms with Gasteiger partial charge in [-0.3, -0.25) is 5.01 Å². The number of hydrogen-bond acceptors (Lipinski definition) is 2. The molecule has 3 aromatic rings. The summed E-state index contributed by atoms with van der Waals surface area (Å²) in [5.41, 5.74) is 3.69. The molecule has 0 radical (unpaired) electrons. The SMILES string of the molecule is Fc1ccc(/C=C/C2=NN(c3ccc(Br)cc3Br)C(c3ccc(F)cc3)C2)cc1. The molecule has 1 atom stereocenters. The lowest BCUT2D eigenvalue weighted by Crippen LogP contribution is -2.19. The van der Waals surface area contributed by atoms with Crippen molar-refractivity contribution in [1.29, 1.82) is 0 Å². The topological polar surface area (TPSA) is 15.6 Å². The smallest absolute Gasteiger partial charge is 0.123 e. The van der Waals surface area contributed by atoms with Crippen LogP contribution in [0.4, 0.5) is 14.5 Å². The number of rotatable bonds is 4.